The maximum atomic E-state index is 11.7. The van der Waals surface area contributed by atoms with Crippen molar-refractivity contribution < 1.29 is 19.1 Å². The molecule has 20 heavy (non-hydrogen) atoms. The standard InChI is InChI=1S/C12H13N3O4S/c1-12(2)18-9(16)8(10(17)19-12)6-13-7-4-14-11(20-3)15-5-7/h4-6,8H,1-3H3. The molecule has 106 valence electrons. The minimum Gasteiger partial charge on any atom is -0.422 e. The van der Waals surface area contributed by atoms with Gasteiger partial charge in [0.1, 0.15) is 0 Å². The van der Waals surface area contributed by atoms with Gasteiger partial charge in [0.15, 0.2) is 11.1 Å². The molecule has 0 atom stereocenters. The number of carbonyl (C=O) groups excluding carboxylic acids is 2. The number of aliphatic imine (C=N–C) groups is 1. The number of rotatable bonds is 3. The van der Waals surface area contributed by atoms with Crippen LogP contribution in [0, 0.1) is 5.92 Å². The van der Waals surface area contributed by atoms with Gasteiger partial charge in [0.2, 0.25) is 0 Å². The number of hydrogen-bond acceptors (Lipinski definition) is 8. The molecule has 0 aliphatic carbocycles. The Morgan fingerprint density at radius 3 is 2.30 bits per heavy atom. The number of hydrogen-bond donors (Lipinski definition) is 0. The molecular formula is C12H13N3O4S. The molecule has 1 aliphatic rings. The van der Waals surface area contributed by atoms with Crippen LogP contribution < -0.4 is 0 Å². The Kier molecular flexibility index (Phi) is 4.03. The molecule has 1 aromatic heterocycles. The number of ether oxygens (including phenoxy) is 2. The first-order valence-corrected chi connectivity index (χ1v) is 7.00. The summed E-state index contributed by atoms with van der Waals surface area (Å²) in [6, 6.07) is 0. The number of esters is 2. The Balaban J connectivity index is 2.10. The van der Waals surface area contributed by atoms with E-state index in [1.54, 1.807) is 0 Å². The summed E-state index contributed by atoms with van der Waals surface area (Å²) in [7, 11) is 0. The molecule has 2 heterocycles. The first kappa shape index (κ1) is 14.4. The van der Waals surface area contributed by atoms with Gasteiger partial charge < -0.3 is 9.47 Å². The third-order valence-corrected chi connectivity index (χ3v) is 2.95. The highest BCUT2D eigenvalue weighted by Crippen LogP contribution is 2.22. The van der Waals surface area contributed by atoms with Gasteiger partial charge in [0.05, 0.1) is 18.1 Å². The average molecular weight is 295 g/mol. The topological polar surface area (TPSA) is 90.7 Å². The van der Waals surface area contributed by atoms with Crippen LogP contribution in [0.15, 0.2) is 22.5 Å². The fourth-order valence-corrected chi connectivity index (χ4v) is 1.81. The summed E-state index contributed by atoms with van der Waals surface area (Å²) < 4.78 is 9.95. The van der Waals surface area contributed by atoms with Gasteiger partial charge in [-0.3, -0.25) is 14.6 Å². The molecule has 1 aliphatic heterocycles. The lowest BCUT2D eigenvalue weighted by atomic mass is 10.1. The quantitative estimate of drug-likeness (QED) is 0.273. The van der Waals surface area contributed by atoms with E-state index in [0.717, 1.165) is 0 Å². The Morgan fingerprint density at radius 1 is 1.25 bits per heavy atom. The minimum atomic E-state index is -1.23. The van der Waals surface area contributed by atoms with Crippen molar-refractivity contribution in [2.75, 3.05) is 6.26 Å². The molecule has 0 radical (unpaired) electrons. The second kappa shape index (κ2) is 5.58. The van der Waals surface area contributed by atoms with Crippen molar-refractivity contribution in [2.45, 2.75) is 24.8 Å². The summed E-state index contributed by atoms with van der Waals surface area (Å²) in [6.07, 6.45) is 6.03. The molecule has 1 fully saturated rings. The van der Waals surface area contributed by atoms with E-state index >= 15 is 0 Å². The number of nitrogens with zero attached hydrogens (tertiary/aromatic N) is 3. The number of cyclic esters (lactones) is 2. The van der Waals surface area contributed by atoms with Gasteiger partial charge >= 0.3 is 11.9 Å². The van der Waals surface area contributed by atoms with Crippen molar-refractivity contribution in [1.29, 1.82) is 0 Å². The van der Waals surface area contributed by atoms with Gasteiger partial charge in [-0.25, -0.2) is 9.97 Å². The number of carbonyl (C=O) groups is 2. The number of aromatic nitrogens is 2. The zero-order valence-electron chi connectivity index (χ0n) is 11.2. The second-order valence-corrected chi connectivity index (χ2v) is 5.20. The highest BCUT2D eigenvalue weighted by atomic mass is 32.2. The third kappa shape index (κ3) is 3.32. The van der Waals surface area contributed by atoms with Gasteiger partial charge in [-0.15, -0.1) is 0 Å². The fraction of sp³-hybridized carbons (Fsp3) is 0.417. The first-order chi connectivity index (χ1) is 9.41. The summed E-state index contributed by atoms with van der Waals surface area (Å²) in [4.78, 5) is 35.4. The number of thioether (sulfide) groups is 1. The molecule has 0 bridgehead atoms. The summed E-state index contributed by atoms with van der Waals surface area (Å²) in [5.74, 6) is -3.77. The maximum Gasteiger partial charge on any atom is 0.329 e. The van der Waals surface area contributed by atoms with Crippen LogP contribution in [0.2, 0.25) is 0 Å². The smallest absolute Gasteiger partial charge is 0.329 e. The molecule has 1 aromatic rings. The normalized spacial score (nSPS) is 18.9. The van der Waals surface area contributed by atoms with Crippen LogP contribution in [-0.2, 0) is 19.1 Å². The molecule has 0 N–H and O–H groups in total. The molecule has 2 rings (SSSR count). The SMILES string of the molecule is CSc1ncc(N=CC2C(=O)OC(C)(C)OC2=O)cn1. The van der Waals surface area contributed by atoms with E-state index in [1.165, 1.54) is 44.2 Å². The van der Waals surface area contributed by atoms with Crippen molar-refractivity contribution >= 4 is 35.6 Å². The molecule has 0 amide bonds. The van der Waals surface area contributed by atoms with Crippen molar-refractivity contribution in [3.8, 4) is 0 Å². The molecule has 0 spiro atoms. The molecule has 1 saturated heterocycles. The molecule has 7 nitrogen and oxygen atoms in total. The zero-order valence-corrected chi connectivity index (χ0v) is 12.0. The van der Waals surface area contributed by atoms with Crippen molar-refractivity contribution in [3.05, 3.63) is 12.4 Å². The Labute approximate surface area is 119 Å². The summed E-state index contributed by atoms with van der Waals surface area (Å²) in [5.41, 5.74) is 0.438. The van der Waals surface area contributed by atoms with Crippen LogP contribution in [0.25, 0.3) is 0 Å². The van der Waals surface area contributed by atoms with Crippen molar-refractivity contribution in [2.24, 2.45) is 10.9 Å². The summed E-state index contributed by atoms with van der Waals surface area (Å²) in [6.45, 7) is 2.98. The summed E-state index contributed by atoms with van der Waals surface area (Å²) >= 11 is 1.40. The van der Waals surface area contributed by atoms with E-state index in [4.69, 9.17) is 9.47 Å². The lowest BCUT2D eigenvalue weighted by Gasteiger charge is -2.31. The van der Waals surface area contributed by atoms with E-state index in [1.807, 2.05) is 6.26 Å². The highest BCUT2D eigenvalue weighted by Gasteiger charge is 2.42. The molecular weight excluding hydrogens is 282 g/mol. The lowest BCUT2D eigenvalue weighted by Crippen LogP contribution is -2.46. The Hall–Kier alpha value is -1.96. The predicted molar refractivity (Wildman–Crippen MR) is 71.7 cm³/mol. The minimum absolute atomic E-state index is 0.438. The first-order valence-electron chi connectivity index (χ1n) is 5.77. The van der Waals surface area contributed by atoms with Gasteiger partial charge in [-0.05, 0) is 6.26 Å². The maximum absolute atomic E-state index is 11.7. The van der Waals surface area contributed by atoms with Crippen LogP contribution >= 0.6 is 11.8 Å². The van der Waals surface area contributed by atoms with Crippen molar-refractivity contribution in [1.82, 2.24) is 9.97 Å². The van der Waals surface area contributed by atoms with Gasteiger partial charge in [0, 0.05) is 20.1 Å². The molecule has 0 saturated carbocycles. The third-order valence-electron chi connectivity index (χ3n) is 2.37. The lowest BCUT2D eigenvalue weighted by molar-refractivity contribution is -0.235. The molecule has 8 heteroatoms. The molecule has 0 aromatic carbocycles. The van der Waals surface area contributed by atoms with Crippen LogP contribution in [0.1, 0.15) is 13.8 Å². The van der Waals surface area contributed by atoms with Crippen LogP contribution in [-0.4, -0.2) is 40.2 Å². The monoisotopic (exact) mass is 295 g/mol. The predicted octanol–water partition coefficient (Wildman–Crippen LogP) is 1.35. The van der Waals surface area contributed by atoms with Crippen LogP contribution in [0.4, 0.5) is 5.69 Å². The highest BCUT2D eigenvalue weighted by molar-refractivity contribution is 7.98. The van der Waals surface area contributed by atoms with Gasteiger partial charge in [-0.2, -0.15) is 0 Å². The molecule has 0 unspecified atom stereocenters. The van der Waals surface area contributed by atoms with Crippen molar-refractivity contribution in [3.63, 3.8) is 0 Å². The largest absolute Gasteiger partial charge is 0.422 e. The Morgan fingerprint density at radius 2 is 1.80 bits per heavy atom. The van der Waals surface area contributed by atoms with E-state index in [-0.39, 0.29) is 0 Å². The second-order valence-electron chi connectivity index (χ2n) is 4.43. The average Bonchev–Trinajstić information content (AvgIpc) is 2.37. The van der Waals surface area contributed by atoms with Gasteiger partial charge in [0.25, 0.3) is 5.79 Å². The van der Waals surface area contributed by atoms with E-state index in [0.29, 0.717) is 10.8 Å². The van der Waals surface area contributed by atoms with Crippen LogP contribution in [0.5, 0.6) is 0 Å². The van der Waals surface area contributed by atoms with E-state index in [2.05, 4.69) is 15.0 Å². The van der Waals surface area contributed by atoms with E-state index < -0.39 is 23.6 Å². The zero-order chi connectivity index (χ0) is 14.8. The summed E-state index contributed by atoms with van der Waals surface area (Å²) in [5, 5.41) is 0.613. The van der Waals surface area contributed by atoms with E-state index in [9.17, 15) is 9.59 Å². The van der Waals surface area contributed by atoms with Crippen LogP contribution in [0.3, 0.4) is 0 Å². The fourth-order valence-electron chi connectivity index (χ4n) is 1.49. The van der Waals surface area contributed by atoms with Gasteiger partial charge in [-0.1, -0.05) is 11.8 Å². The Bertz CT molecular complexity index is 536.